The van der Waals surface area contributed by atoms with Crippen molar-refractivity contribution in [1.29, 1.82) is 0 Å². The molecular weight excluding hydrogens is 745 g/mol. The Hall–Kier alpha value is -5.16. The fourth-order valence-corrected chi connectivity index (χ4v) is 8.75. The van der Waals surface area contributed by atoms with Crippen molar-refractivity contribution in [3.63, 3.8) is 0 Å². The minimum atomic E-state index is -0.0947. The fraction of sp³-hybridized carbons (Fsp3) is 0.318. The molecule has 0 bridgehead atoms. The van der Waals surface area contributed by atoms with Crippen molar-refractivity contribution in [3.8, 4) is 28.3 Å². The van der Waals surface area contributed by atoms with Crippen LogP contribution < -0.4 is 9.64 Å². The van der Waals surface area contributed by atoms with Gasteiger partial charge < -0.3 is 23.5 Å². The van der Waals surface area contributed by atoms with Crippen LogP contribution in [-0.4, -0.2) is 61.7 Å². The normalized spacial score (nSPS) is 14.3. The SMILES string of the molecule is COCCn1cc(N2C[C@@H](C)n3c(c(CCCOc4cc(C)c(Cl)c(C)c4)c4ccc(Cl)c(-c5c(C)nn(C)c5C)c43)C2=O)c2cc(-c3ncccn3)ccc21. The van der Waals surface area contributed by atoms with E-state index >= 15 is 4.79 Å². The van der Waals surface area contributed by atoms with Gasteiger partial charge in [-0.3, -0.25) is 9.48 Å². The molecule has 0 fully saturated rings. The van der Waals surface area contributed by atoms with Gasteiger partial charge in [-0.15, -0.1) is 0 Å². The van der Waals surface area contributed by atoms with Crippen LogP contribution in [0.25, 0.3) is 44.3 Å². The van der Waals surface area contributed by atoms with Crippen LogP contribution in [-0.2, 0) is 24.8 Å². The van der Waals surface area contributed by atoms with Gasteiger partial charge in [-0.2, -0.15) is 5.10 Å². The second-order valence-corrected chi connectivity index (χ2v) is 15.6. The monoisotopic (exact) mass is 789 g/mol. The first kappa shape index (κ1) is 37.7. The van der Waals surface area contributed by atoms with Crippen LogP contribution in [0.5, 0.6) is 5.75 Å². The Labute approximate surface area is 336 Å². The molecule has 10 nitrogen and oxygen atoms in total. The standard InChI is InChI=1S/C44H45Cl2N7O3/c1-25-20-31(21-26(2)40(25)46)56-18-8-10-32-33-12-13-35(45)39(38-28(4)49-50(6)29(38)5)41(33)53-27(3)23-52(44(54)42(32)53)37-24-51(17-19-55-7)36-14-11-30(22-34(36)37)43-47-15-9-16-48-43/h9,11-16,20-22,24,27H,8,10,17-19,23H2,1-7H3/t27-/m1/s1. The average molecular weight is 791 g/mol. The number of aromatic nitrogens is 6. The lowest BCUT2D eigenvalue weighted by molar-refractivity contribution is 0.0957. The van der Waals surface area contributed by atoms with Crippen LogP contribution in [0.3, 0.4) is 0 Å². The van der Waals surface area contributed by atoms with Crippen molar-refractivity contribution in [1.82, 2.24) is 28.9 Å². The maximum Gasteiger partial charge on any atom is 0.275 e. The number of ether oxygens (including phenoxy) is 2. The molecule has 5 heterocycles. The van der Waals surface area contributed by atoms with Gasteiger partial charge in [0.1, 0.15) is 11.4 Å². The van der Waals surface area contributed by atoms with Gasteiger partial charge in [0.2, 0.25) is 0 Å². The topological polar surface area (TPSA) is 92.2 Å². The lowest BCUT2D eigenvalue weighted by Crippen LogP contribution is -2.42. The van der Waals surface area contributed by atoms with Gasteiger partial charge in [-0.1, -0.05) is 29.3 Å². The predicted molar refractivity (Wildman–Crippen MR) is 225 cm³/mol. The molecule has 0 saturated heterocycles. The summed E-state index contributed by atoms with van der Waals surface area (Å²) >= 11 is 13.6. The van der Waals surface area contributed by atoms with E-state index in [0.29, 0.717) is 55.7 Å². The molecule has 7 aromatic rings. The van der Waals surface area contributed by atoms with Crippen LogP contribution in [0.2, 0.25) is 10.0 Å². The number of halogens is 2. The van der Waals surface area contributed by atoms with E-state index in [1.807, 2.05) is 61.7 Å². The van der Waals surface area contributed by atoms with E-state index in [1.54, 1.807) is 25.6 Å². The minimum absolute atomic E-state index is 0.0620. The first-order valence-electron chi connectivity index (χ1n) is 18.9. The van der Waals surface area contributed by atoms with Crippen molar-refractivity contribution >= 4 is 56.6 Å². The van der Waals surface area contributed by atoms with Gasteiger partial charge in [0.05, 0.1) is 40.7 Å². The quantitative estimate of drug-likeness (QED) is 0.121. The zero-order valence-electron chi connectivity index (χ0n) is 32.8. The van der Waals surface area contributed by atoms with E-state index in [2.05, 4.69) is 57.3 Å². The summed E-state index contributed by atoms with van der Waals surface area (Å²) in [6.07, 6.45) is 6.87. The summed E-state index contributed by atoms with van der Waals surface area (Å²) in [4.78, 5) is 26.3. The molecule has 0 unspecified atom stereocenters. The first-order valence-corrected chi connectivity index (χ1v) is 19.7. The number of carbonyl (C=O) groups excluding carboxylic acids is 1. The van der Waals surface area contributed by atoms with E-state index in [0.717, 1.165) is 83.0 Å². The Bertz CT molecular complexity index is 2620. The maximum absolute atomic E-state index is 15.4. The molecule has 0 spiro atoms. The van der Waals surface area contributed by atoms with Gasteiger partial charge >= 0.3 is 0 Å². The molecule has 1 aliphatic rings. The third-order valence-corrected chi connectivity index (χ3v) is 12.0. The largest absolute Gasteiger partial charge is 0.494 e. The second-order valence-electron chi connectivity index (χ2n) is 14.8. The lowest BCUT2D eigenvalue weighted by atomic mass is 9.98. The van der Waals surface area contributed by atoms with E-state index < -0.39 is 0 Å². The maximum atomic E-state index is 15.4. The zero-order valence-corrected chi connectivity index (χ0v) is 34.3. The summed E-state index contributed by atoms with van der Waals surface area (Å²) in [7, 11) is 3.65. The smallest absolute Gasteiger partial charge is 0.275 e. The number of methoxy groups -OCH3 is 1. The molecule has 0 aliphatic carbocycles. The summed E-state index contributed by atoms with van der Waals surface area (Å²) in [5.41, 5.74) is 11.1. The highest BCUT2D eigenvalue weighted by atomic mass is 35.5. The Morgan fingerprint density at radius 1 is 0.929 bits per heavy atom. The molecule has 0 saturated carbocycles. The molecular formula is C44H45Cl2N7O3. The third-order valence-electron chi connectivity index (χ3n) is 11.1. The molecule has 288 valence electrons. The molecule has 3 aromatic carbocycles. The van der Waals surface area contributed by atoms with Crippen LogP contribution in [0.15, 0.2) is 67.1 Å². The Kier molecular flexibility index (Phi) is 10.2. The number of fused-ring (bicyclic) bond motifs is 4. The summed E-state index contributed by atoms with van der Waals surface area (Å²) in [5, 5.41) is 8.09. The molecule has 4 aromatic heterocycles. The number of rotatable bonds is 11. The van der Waals surface area contributed by atoms with Crippen LogP contribution in [0.1, 0.15) is 58.0 Å². The van der Waals surface area contributed by atoms with Crippen molar-refractivity contribution < 1.29 is 14.3 Å². The number of anilines is 1. The fourth-order valence-electron chi connectivity index (χ4n) is 8.39. The number of hydrogen-bond acceptors (Lipinski definition) is 6. The van der Waals surface area contributed by atoms with Crippen LogP contribution in [0, 0.1) is 27.7 Å². The van der Waals surface area contributed by atoms with Gasteiger partial charge in [0, 0.05) is 90.1 Å². The predicted octanol–water partition coefficient (Wildman–Crippen LogP) is 9.87. The number of carbonyl (C=O) groups is 1. The Morgan fingerprint density at radius 3 is 2.38 bits per heavy atom. The second kappa shape index (κ2) is 15.1. The van der Waals surface area contributed by atoms with E-state index in [-0.39, 0.29) is 11.9 Å². The molecule has 1 aliphatic heterocycles. The number of benzene rings is 3. The molecule has 1 atom stereocenters. The average Bonchev–Trinajstić information content (AvgIpc) is 3.81. The van der Waals surface area contributed by atoms with Crippen molar-refractivity contribution in [2.75, 3.05) is 31.8 Å². The molecule has 12 heteroatoms. The van der Waals surface area contributed by atoms with Crippen molar-refractivity contribution in [2.45, 2.75) is 60.0 Å². The Balaban J connectivity index is 1.27. The number of hydrogen-bond donors (Lipinski definition) is 0. The Morgan fingerprint density at radius 2 is 1.68 bits per heavy atom. The number of aryl methyl sites for hydroxylation is 5. The minimum Gasteiger partial charge on any atom is -0.494 e. The summed E-state index contributed by atoms with van der Waals surface area (Å²) in [5.74, 6) is 1.35. The van der Waals surface area contributed by atoms with Gasteiger partial charge in [0.15, 0.2) is 5.82 Å². The molecule has 0 radical (unpaired) electrons. The van der Waals surface area contributed by atoms with Gasteiger partial charge in [-0.25, -0.2) is 9.97 Å². The highest BCUT2D eigenvalue weighted by Crippen LogP contribution is 2.46. The van der Waals surface area contributed by atoms with E-state index in [9.17, 15) is 0 Å². The van der Waals surface area contributed by atoms with Crippen LogP contribution >= 0.6 is 23.2 Å². The highest BCUT2D eigenvalue weighted by Gasteiger charge is 2.38. The third kappa shape index (κ3) is 6.43. The summed E-state index contributed by atoms with van der Waals surface area (Å²) < 4.78 is 18.1. The first-order chi connectivity index (χ1) is 27.0. The number of amides is 1. The van der Waals surface area contributed by atoms with Crippen molar-refractivity contribution in [3.05, 3.63) is 111 Å². The van der Waals surface area contributed by atoms with Crippen LogP contribution in [0.4, 0.5) is 5.69 Å². The highest BCUT2D eigenvalue weighted by molar-refractivity contribution is 6.35. The molecule has 1 amide bonds. The summed E-state index contributed by atoms with van der Waals surface area (Å²) in [6, 6.07) is 15.9. The van der Waals surface area contributed by atoms with E-state index in [4.69, 9.17) is 37.8 Å². The van der Waals surface area contributed by atoms with Crippen molar-refractivity contribution in [2.24, 2.45) is 7.05 Å². The molecule has 56 heavy (non-hydrogen) atoms. The lowest BCUT2D eigenvalue weighted by Gasteiger charge is -2.34. The van der Waals surface area contributed by atoms with Gasteiger partial charge in [0.25, 0.3) is 5.91 Å². The van der Waals surface area contributed by atoms with E-state index in [1.165, 1.54) is 0 Å². The zero-order chi connectivity index (χ0) is 39.4. The number of nitrogens with zero attached hydrogens (tertiary/aromatic N) is 7. The molecule has 0 N–H and O–H groups in total. The molecule has 8 rings (SSSR count). The summed E-state index contributed by atoms with van der Waals surface area (Å²) in [6.45, 7) is 12.3. The van der Waals surface area contributed by atoms with Gasteiger partial charge in [-0.05, 0) is 107 Å².